The monoisotopic (exact) mass is 452 g/mol. The van der Waals surface area contributed by atoms with Crippen LogP contribution in [0, 0.1) is 0 Å². The summed E-state index contributed by atoms with van der Waals surface area (Å²) in [5, 5.41) is 6.69. The molecule has 3 rings (SSSR count). The van der Waals surface area contributed by atoms with E-state index in [0.717, 1.165) is 10.0 Å². The highest BCUT2D eigenvalue weighted by atomic mass is 79.9. The molecule has 0 fully saturated rings. The standard InChI is InChI=1S/C21H17BrN4O3/c22-18-3-1-2-4-19(18)25-20(27)14-29-17-7-5-15(6-8-17)13-24-26-21(28)16-9-11-23-12-10-16/h1-13H,14H2,(H,25,27)(H,26,28)/b24-13+. The molecule has 7 nitrogen and oxygen atoms in total. The van der Waals surface area contributed by atoms with Crippen LogP contribution in [-0.2, 0) is 4.79 Å². The number of rotatable bonds is 7. The third kappa shape index (κ3) is 6.25. The maximum Gasteiger partial charge on any atom is 0.271 e. The lowest BCUT2D eigenvalue weighted by molar-refractivity contribution is -0.118. The average Bonchev–Trinajstić information content (AvgIpc) is 2.75. The van der Waals surface area contributed by atoms with Crippen molar-refractivity contribution in [2.75, 3.05) is 11.9 Å². The van der Waals surface area contributed by atoms with Crippen molar-refractivity contribution in [2.45, 2.75) is 0 Å². The molecule has 0 aliphatic heterocycles. The predicted molar refractivity (Wildman–Crippen MR) is 114 cm³/mol. The predicted octanol–water partition coefficient (Wildman–Crippen LogP) is 3.63. The first-order chi connectivity index (χ1) is 14.1. The lowest BCUT2D eigenvalue weighted by atomic mass is 10.2. The largest absolute Gasteiger partial charge is 0.484 e. The summed E-state index contributed by atoms with van der Waals surface area (Å²) in [5.74, 6) is -0.0359. The molecule has 1 aromatic heterocycles. The molecule has 0 aliphatic carbocycles. The zero-order chi connectivity index (χ0) is 20.5. The van der Waals surface area contributed by atoms with Crippen molar-refractivity contribution >= 4 is 39.6 Å². The van der Waals surface area contributed by atoms with E-state index in [1.54, 1.807) is 42.5 Å². The van der Waals surface area contributed by atoms with Gasteiger partial charge in [-0.1, -0.05) is 12.1 Å². The van der Waals surface area contributed by atoms with Crippen molar-refractivity contribution in [3.8, 4) is 5.75 Å². The number of para-hydroxylation sites is 1. The van der Waals surface area contributed by atoms with Crippen LogP contribution < -0.4 is 15.5 Å². The van der Waals surface area contributed by atoms with Gasteiger partial charge in [-0.25, -0.2) is 5.43 Å². The third-order valence-electron chi connectivity index (χ3n) is 3.72. The SMILES string of the molecule is O=C(COc1ccc(/C=N/NC(=O)c2ccncc2)cc1)Nc1ccccc1Br. The summed E-state index contributed by atoms with van der Waals surface area (Å²) >= 11 is 3.37. The van der Waals surface area contributed by atoms with Crippen LogP contribution in [0.3, 0.4) is 0 Å². The number of ether oxygens (including phenoxy) is 1. The molecule has 2 N–H and O–H groups in total. The number of hydrogen-bond donors (Lipinski definition) is 2. The first-order valence-corrected chi connectivity index (χ1v) is 9.42. The topological polar surface area (TPSA) is 92.7 Å². The van der Waals surface area contributed by atoms with Gasteiger partial charge in [0.05, 0.1) is 11.9 Å². The molecule has 3 aromatic rings. The maximum atomic E-state index is 12.0. The third-order valence-corrected chi connectivity index (χ3v) is 4.41. The fraction of sp³-hybridized carbons (Fsp3) is 0.0476. The Morgan fingerprint density at radius 3 is 2.48 bits per heavy atom. The van der Waals surface area contributed by atoms with Crippen molar-refractivity contribution in [3.05, 3.63) is 88.7 Å². The zero-order valence-corrected chi connectivity index (χ0v) is 16.8. The fourth-order valence-corrected chi connectivity index (χ4v) is 2.67. The molecule has 8 heteroatoms. The minimum absolute atomic E-state index is 0.114. The van der Waals surface area contributed by atoms with Gasteiger partial charge in [0.1, 0.15) is 5.75 Å². The molecule has 0 aliphatic rings. The molecule has 0 atom stereocenters. The van der Waals surface area contributed by atoms with Crippen LogP contribution in [0.4, 0.5) is 5.69 Å². The molecule has 1 heterocycles. The molecule has 0 radical (unpaired) electrons. The number of pyridine rings is 1. The molecule has 0 spiro atoms. The quantitative estimate of drug-likeness (QED) is 0.422. The van der Waals surface area contributed by atoms with E-state index in [4.69, 9.17) is 4.74 Å². The van der Waals surface area contributed by atoms with E-state index in [2.05, 4.69) is 36.8 Å². The Hall–Kier alpha value is -3.52. The number of anilines is 1. The second-order valence-corrected chi connectivity index (χ2v) is 6.68. The van der Waals surface area contributed by atoms with Gasteiger partial charge in [0.15, 0.2) is 6.61 Å². The molecule has 0 saturated carbocycles. The molecule has 0 saturated heterocycles. The smallest absolute Gasteiger partial charge is 0.271 e. The Balaban J connectivity index is 1.46. The normalized spacial score (nSPS) is 10.5. The van der Waals surface area contributed by atoms with Gasteiger partial charge in [-0.15, -0.1) is 0 Å². The van der Waals surface area contributed by atoms with E-state index >= 15 is 0 Å². The number of carbonyl (C=O) groups is 2. The lowest BCUT2D eigenvalue weighted by Crippen LogP contribution is -2.20. The van der Waals surface area contributed by atoms with Crippen LogP contribution in [0.1, 0.15) is 15.9 Å². The van der Waals surface area contributed by atoms with Gasteiger partial charge in [-0.3, -0.25) is 14.6 Å². The number of halogens is 1. The number of amides is 2. The fourth-order valence-electron chi connectivity index (χ4n) is 2.28. The Kier molecular flexibility index (Phi) is 7.07. The summed E-state index contributed by atoms with van der Waals surface area (Å²) in [6.45, 7) is -0.114. The summed E-state index contributed by atoms with van der Waals surface area (Å²) in [7, 11) is 0. The molecular formula is C21H17BrN4O3. The number of benzene rings is 2. The molecule has 2 amide bonds. The first kappa shape index (κ1) is 20.2. The van der Waals surface area contributed by atoms with Gasteiger partial charge in [0, 0.05) is 22.4 Å². The van der Waals surface area contributed by atoms with E-state index in [1.807, 2.05) is 18.2 Å². The van der Waals surface area contributed by atoms with Crippen LogP contribution in [0.2, 0.25) is 0 Å². The Labute approximate surface area is 175 Å². The molecule has 0 bridgehead atoms. The molecule has 2 aromatic carbocycles. The van der Waals surface area contributed by atoms with Gasteiger partial charge in [0.25, 0.3) is 11.8 Å². The van der Waals surface area contributed by atoms with E-state index in [1.165, 1.54) is 18.6 Å². The average molecular weight is 453 g/mol. The van der Waals surface area contributed by atoms with Crippen LogP contribution in [0.5, 0.6) is 5.75 Å². The number of hydrazone groups is 1. The van der Waals surface area contributed by atoms with E-state index in [0.29, 0.717) is 17.0 Å². The van der Waals surface area contributed by atoms with Gasteiger partial charge in [-0.2, -0.15) is 5.10 Å². The number of aromatic nitrogens is 1. The van der Waals surface area contributed by atoms with E-state index in [-0.39, 0.29) is 18.4 Å². The summed E-state index contributed by atoms with van der Waals surface area (Å²) < 4.78 is 6.29. The molecule has 29 heavy (non-hydrogen) atoms. The number of hydrogen-bond acceptors (Lipinski definition) is 5. The second kappa shape index (κ2) is 10.1. The number of carbonyl (C=O) groups excluding carboxylic acids is 2. The van der Waals surface area contributed by atoms with Crippen molar-refractivity contribution in [1.82, 2.24) is 10.4 Å². The van der Waals surface area contributed by atoms with E-state index < -0.39 is 0 Å². The van der Waals surface area contributed by atoms with Crippen molar-refractivity contribution in [3.63, 3.8) is 0 Å². The highest BCUT2D eigenvalue weighted by Gasteiger charge is 2.06. The van der Waals surface area contributed by atoms with Crippen LogP contribution >= 0.6 is 15.9 Å². The van der Waals surface area contributed by atoms with Crippen molar-refractivity contribution in [1.29, 1.82) is 0 Å². The highest BCUT2D eigenvalue weighted by molar-refractivity contribution is 9.10. The maximum absolute atomic E-state index is 12.0. The molecular weight excluding hydrogens is 436 g/mol. The number of nitrogens with zero attached hydrogens (tertiary/aromatic N) is 2. The highest BCUT2D eigenvalue weighted by Crippen LogP contribution is 2.21. The lowest BCUT2D eigenvalue weighted by Gasteiger charge is -2.09. The Morgan fingerprint density at radius 1 is 1.03 bits per heavy atom. The van der Waals surface area contributed by atoms with Crippen molar-refractivity contribution in [2.24, 2.45) is 5.10 Å². The van der Waals surface area contributed by atoms with Crippen molar-refractivity contribution < 1.29 is 14.3 Å². The zero-order valence-electron chi connectivity index (χ0n) is 15.2. The van der Waals surface area contributed by atoms with E-state index in [9.17, 15) is 9.59 Å². The van der Waals surface area contributed by atoms with Gasteiger partial charge >= 0.3 is 0 Å². The minimum Gasteiger partial charge on any atom is -0.484 e. The van der Waals surface area contributed by atoms with Crippen LogP contribution in [0.25, 0.3) is 0 Å². The summed E-state index contributed by atoms with van der Waals surface area (Å²) in [5.41, 5.74) is 4.37. The van der Waals surface area contributed by atoms with Crippen LogP contribution in [-0.4, -0.2) is 29.6 Å². The minimum atomic E-state index is -0.320. The summed E-state index contributed by atoms with van der Waals surface area (Å²) in [6.07, 6.45) is 4.59. The second-order valence-electron chi connectivity index (χ2n) is 5.82. The molecule has 0 unspecified atom stereocenters. The van der Waals surface area contributed by atoms with Gasteiger partial charge in [0.2, 0.25) is 0 Å². The summed E-state index contributed by atoms with van der Waals surface area (Å²) in [6, 6.07) is 17.5. The first-order valence-electron chi connectivity index (χ1n) is 8.62. The molecule has 146 valence electrons. The van der Waals surface area contributed by atoms with Gasteiger partial charge in [-0.05, 0) is 70.0 Å². The summed E-state index contributed by atoms with van der Waals surface area (Å²) in [4.78, 5) is 27.7. The van der Waals surface area contributed by atoms with Crippen LogP contribution in [0.15, 0.2) is 82.6 Å². The van der Waals surface area contributed by atoms with Gasteiger partial charge < -0.3 is 10.1 Å². The Morgan fingerprint density at radius 2 is 1.76 bits per heavy atom. The Bertz CT molecular complexity index is 1010. The number of nitrogens with one attached hydrogen (secondary N) is 2.